The molecule has 0 aliphatic carbocycles. The van der Waals surface area contributed by atoms with Gasteiger partial charge in [-0.15, -0.1) is 0 Å². The van der Waals surface area contributed by atoms with Gasteiger partial charge in [0.25, 0.3) is 10.0 Å². The maximum Gasteiger partial charge on any atom is 0.276 e. The molecule has 7 nitrogen and oxygen atoms in total. The number of benzene rings is 2. The fourth-order valence-electron chi connectivity index (χ4n) is 2.34. The molecule has 8 heteroatoms. The fraction of sp³-hybridized carbons (Fsp3) is 0.278. The molecule has 0 heterocycles. The summed E-state index contributed by atoms with van der Waals surface area (Å²) in [6, 6.07) is 9.70. The van der Waals surface area contributed by atoms with Gasteiger partial charge in [-0.05, 0) is 36.2 Å². The molecule has 0 spiro atoms. The Labute approximate surface area is 153 Å². The number of rotatable bonds is 8. The lowest BCUT2D eigenvalue weighted by Crippen LogP contribution is -2.18. The summed E-state index contributed by atoms with van der Waals surface area (Å²) in [6.45, 7) is 2.06. The number of methoxy groups -OCH3 is 2. The SMILES string of the molecule is CCCc1ccc(S(=O)(=O)NN=Cc2cc(OC)c(O)c(OC)c2)cc1. The van der Waals surface area contributed by atoms with E-state index in [1.807, 2.05) is 0 Å². The minimum Gasteiger partial charge on any atom is -0.502 e. The Bertz CT molecular complexity index is 852. The topological polar surface area (TPSA) is 97.2 Å². The molecule has 26 heavy (non-hydrogen) atoms. The number of aromatic hydroxyl groups is 1. The summed E-state index contributed by atoms with van der Waals surface area (Å²) in [6.07, 6.45) is 3.19. The molecule has 2 N–H and O–H groups in total. The van der Waals surface area contributed by atoms with Crippen LogP contribution in [0.25, 0.3) is 0 Å². The number of phenols is 1. The summed E-state index contributed by atoms with van der Waals surface area (Å²) in [4.78, 5) is 2.30. The summed E-state index contributed by atoms with van der Waals surface area (Å²) >= 11 is 0. The van der Waals surface area contributed by atoms with Crippen molar-refractivity contribution in [3.05, 3.63) is 47.5 Å². The lowest BCUT2D eigenvalue weighted by Gasteiger charge is -2.09. The number of nitrogens with one attached hydrogen (secondary N) is 1. The van der Waals surface area contributed by atoms with Crippen molar-refractivity contribution in [3.8, 4) is 17.2 Å². The van der Waals surface area contributed by atoms with E-state index in [2.05, 4.69) is 16.9 Å². The molecule has 0 radical (unpaired) electrons. The predicted octanol–water partition coefficient (Wildman–Crippen LogP) is 2.67. The van der Waals surface area contributed by atoms with E-state index in [4.69, 9.17) is 9.47 Å². The van der Waals surface area contributed by atoms with Crippen molar-refractivity contribution in [2.45, 2.75) is 24.7 Å². The average molecular weight is 378 g/mol. The van der Waals surface area contributed by atoms with Crippen molar-refractivity contribution in [1.29, 1.82) is 0 Å². The summed E-state index contributed by atoms with van der Waals surface area (Å²) in [5.74, 6) is 0.250. The monoisotopic (exact) mass is 378 g/mol. The molecular formula is C18H22N2O5S. The first-order chi connectivity index (χ1) is 12.4. The molecule has 0 bridgehead atoms. The number of hydrazone groups is 1. The van der Waals surface area contributed by atoms with Crippen LogP contribution in [0.1, 0.15) is 24.5 Å². The first-order valence-corrected chi connectivity index (χ1v) is 9.48. The normalized spacial score (nSPS) is 11.5. The van der Waals surface area contributed by atoms with Crippen molar-refractivity contribution in [1.82, 2.24) is 4.83 Å². The number of phenolic OH excluding ortho intramolecular Hbond substituents is 1. The van der Waals surface area contributed by atoms with Gasteiger partial charge in [0.2, 0.25) is 5.75 Å². The van der Waals surface area contributed by atoms with Crippen LogP contribution in [-0.2, 0) is 16.4 Å². The van der Waals surface area contributed by atoms with E-state index in [1.165, 1.54) is 32.6 Å². The maximum atomic E-state index is 12.3. The quantitative estimate of drug-likeness (QED) is 0.544. The highest BCUT2D eigenvalue weighted by Gasteiger charge is 2.13. The van der Waals surface area contributed by atoms with Gasteiger partial charge >= 0.3 is 0 Å². The molecule has 0 aromatic heterocycles. The number of aryl methyl sites for hydroxylation is 1. The predicted molar refractivity (Wildman–Crippen MR) is 99.6 cm³/mol. The van der Waals surface area contributed by atoms with Crippen LogP contribution in [0.4, 0.5) is 0 Å². The summed E-state index contributed by atoms with van der Waals surface area (Å²) in [5.41, 5.74) is 1.58. The second kappa shape index (κ2) is 8.57. The zero-order chi connectivity index (χ0) is 19.2. The number of hydrogen-bond donors (Lipinski definition) is 2. The van der Waals surface area contributed by atoms with Gasteiger partial charge in [0.15, 0.2) is 11.5 Å². The van der Waals surface area contributed by atoms with E-state index >= 15 is 0 Å². The molecule has 0 aliphatic heterocycles. The number of nitrogens with zero attached hydrogens (tertiary/aromatic N) is 1. The van der Waals surface area contributed by atoms with Crippen molar-refractivity contribution in [2.24, 2.45) is 5.10 Å². The van der Waals surface area contributed by atoms with Crippen LogP contribution in [0.2, 0.25) is 0 Å². The summed E-state index contributed by atoms with van der Waals surface area (Å²) in [5, 5.41) is 13.6. The van der Waals surface area contributed by atoms with Crippen LogP contribution in [0.5, 0.6) is 17.2 Å². The van der Waals surface area contributed by atoms with Crippen LogP contribution in [0.3, 0.4) is 0 Å². The minimum atomic E-state index is -3.76. The second-order valence-corrected chi connectivity index (χ2v) is 7.18. The van der Waals surface area contributed by atoms with Crippen molar-refractivity contribution < 1.29 is 23.0 Å². The van der Waals surface area contributed by atoms with Crippen LogP contribution < -0.4 is 14.3 Å². The van der Waals surface area contributed by atoms with Crippen molar-refractivity contribution in [3.63, 3.8) is 0 Å². The van der Waals surface area contributed by atoms with Gasteiger partial charge in [-0.25, -0.2) is 4.83 Å². The first-order valence-electron chi connectivity index (χ1n) is 8.00. The Balaban J connectivity index is 2.16. The molecule has 0 saturated heterocycles. The lowest BCUT2D eigenvalue weighted by molar-refractivity contribution is 0.340. The molecular weight excluding hydrogens is 356 g/mol. The number of ether oxygens (including phenoxy) is 2. The average Bonchev–Trinajstić information content (AvgIpc) is 2.63. The largest absolute Gasteiger partial charge is 0.502 e. The van der Waals surface area contributed by atoms with Gasteiger partial charge in [-0.1, -0.05) is 25.5 Å². The first kappa shape index (κ1) is 19.6. The van der Waals surface area contributed by atoms with Gasteiger partial charge in [-0.2, -0.15) is 13.5 Å². The highest BCUT2D eigenvalue weighted by Crippen LogP contribution is 2.36. The Morgan fingerprint density at radius 2 is 1.69 bits per heavy atom. The molecule has 2 rings (SSSR count). The summed E-state index contributed by atoms with van der Waals surface area (Å²) < 4.78 is 34.6. The summed E-state index contributed by atoms with van der Waals surface area (Å²) in [7, 11) is -0.955. The lowest BCUT2D eigenvalue weighted by atomic mass is 10.1. The smallest absolute Gasteiger partial charge is 0.276 e. The van der Waals surface area contributed by atoms with Gasteiger partial charge < -0.3 is 14.6 Å². The number of hydrogen-bond acceptors (Lipinski definition) is 6. The third-order valence-corrected chi connectivity index (χ3v) is 4.90. The zero-order valence-electron chi connectivity index (χ0n) is 14.9. The van der Waals surface area contributed by atoms with Gasteiger partial charge in [0.1, 0.15) is 0 Å². The van der Waals surface area contributed by atoms with E-state index in [0.29, 0.717) is 5.56 Å². The van der Waals surface area contributed by atoms with E-state index in [-0.39, 0.29) is 22.1 Å². The van der Waals surface area contributed by atoms with E-state index < -0.39 is 10.0 Å². The minimum absolute atomic E-state index is 0.135. The fourth-order valence-corrected chi connectivity index (χ4v) is 3.13. The van der Waals surface area contributed by atoms with E-state index in [1.54, 1.807) is 24.3 Å². The van der Waals surface area contributed by atoms with Gasteiger partial charge in [0.05, 0.1) is 25.3 Å². The van der Waals surface area contributed by atoms with Crippen LogP contribution >= 0.6 is 0 Å². The molecule has 0 unspecified atom stereocenters. The molecule has 0 fully saturated rings. The zero-order valence-corrected chi connectivity index (χ0v) is 15.7. The Morgan fingerprint density at radius 1 is 1.12 bits per heavy atom. The van der Waals surface area contributed by atoms with E-state index in [9.17, 15) is 13.5 Å². The highest BCUT2D eigenvalue weighted by molar-refractivity contribution is 7.89. The Hall–Kier alpha value is -2.74. The third kappa shape index (κ3) is 4.66. The van der Waals surface area contributed by atoms with Crippen LogP contribution in [-0.4, -0.2) is 34.0 Å². The molecule has 0 saturated carbocycles. The van der Waals surface area contributed by atoms with Gasteiger partial charge in [0, 0.05) is 5.56 Å². The molecule has 2 aromatic carbocycles. The van der Waals surface area contributed by atoms with Gasteiger partial charge in [-0.3, -0.25) is 0 Å². The number of sulfonamides is 1. The highest BCUT2D eigenvalue weighted by atomic mass is 32.2. The molecule has 0 aliphatic rings. The van der Waals surface area contributed by atoms with Crippen molar-refractivity contribution in [2.75, 3.05) is 14.2 Å². The van der Waals surface area contributed by atoms with Crippen LogP contribution in [0.15, 0.2) is 46.4 Å². The second-order valence-electron chi connectivity index (χ2n) is 5.52. The Morgan fingerprint density at radius 3 is 2.19 bits per heavy atom. The third-order valence-electron chi connectivity index (χ3n) is 3.66. The van der Waals surface area contributed by atoms with Crippen molar-refractivity contribution >= 4 is 16.2 Å². The standard InChI is InChI=1S/C18H22N2O5S/c1-4-5-13-6-8-15(9-7-13)26(22,23)20-19-12-14-10-16(24-2)18(21)17(11-14)25-3/h6-12,20-21H,4-5H2,1-3H3. The molecule has 2 aromatic rings. The molecule has 0 amide bonds. The maximum absolute atomic E-state index is 12.3. The molecule has 140 valence electrons. The molecule has 0 atom stereocenters. The Kier molecular flexibility index (Phi) is 6.46. The van der Waals surface area contributed by atoms with Crippen LogP contribution in [0, 0.1) is 0 Å². The van der Waals surface area contributed by atoms with E-state index in [0.717, 1.165) is 18.4 Å².